The molecule has 0 bridgehead atoms. The van der Waals surface area contributed by atoms with E-state index in [2.05, 4.69) is 15.6 Å². The summed E-state index contributed by atoms with van der Waals surface area (Å²) in [6.07, 6.45) is 1.44. The van der Waals surface area contributed by atoms with Crippen LogP contribution >= 0.6 is 0 Å². The number of para-hydroxylation sites is 1. The number of carbonyl (C=O) groups is 3. The molecule has 2 N–H and O–H groups in total. The van der Waals surface area contributed by atoms with E-state index >= 15 is 0 Å². The third-order valence-corrected chi connectivity index (χ3v) is 4.42. The number of ether oxygens (including phenoxy) is 2. The number of benzene rings is 2. The number of Topliss-reactive ketones (excluding diaryl/α,β-unsaturated/α-hetero) is 1. The number of nitrogens with one attached hydrogen (secondary N) is 2. The fourth-order valence-electron chi connectivity index (χ4n) is 2.91. The van der Waals surface area contributed by atoms with Gasteiger partial charge < -0.3 is 20.1 Å². The summed E-state index contributed by atoms with van der Waals surface area (Å²) >= 11 is 0. The van der Waals surface area contributed by atoms with Crippen LogP contribution in [0.15, 0.2) is 60.8 Å². The molecular weight excluding hydrogens is 405 g/mol. The Bertz CT molecular complexity index is 1180. The lowest BCUT2D eigenvalue weighted by Gasteiger charge is -2.18. The Morgan fingerprint density at radius 2 is 2.00 bits per heavy atom. The van der Waals surface area contributed by atoms with Crippen LogP contribution in [0.2, 0.25) is 0 Å². The van der Waals surface area contributed by atoms with E-state index in [0.29, 0.717) is 11.4 Å². The molecule has 0 saturated carbocycles. The number of amides is 1. The second kappa shape index (κ2) is 8.62. The minimum atomic E-state index is -0.796. The van der Waals surface area contributed by atoms with Crippen molar-refractivity contribution in [3.63, 3.8) is 0 Å². The molecule has 0 radical (unpaired) electrons. The Labute approximate surface area is 176 Å². The summed E-state index contributed by atoms with van der Waals surface area (Å²) in [6.45, 7) is -0.618. The number of rotatable bonds is 6. The van der Waals surface area contributed by atoms with Crippen LogP contribution in [0.5, 0.6) is 5.75 Å². The fraction of sp³-hybridized carbons (Fsp3) is 0.0909. The van der Waals surface area contributed by atoms with Gasteiger partial charge in [-0.25, -0.2) is 14.2 Å². The maximum atomic E-state index is 13.9. The molecule has 2 aromatic carbocycles. The van der Waals surface area contributed by atoms with Crippen LogP contribution < -0.4 is 15.4 Å². The van der Waals surface area contributed by atoms with Crippen LogP contribution in [0.25, 0.3) is 0 Å². The van der Waals surface area contributed by atoms with Crippen LogP contribution in [0.3, 0.4) is 0 Å². The van der Waals surface area contributed by atoms with E-state index in [1.54, 1.807) is 12.1 Å². The highest BCUT2D eigenvalue weighted by Crippen LogP contribution is 2.28. The molecule has 2 heterocycles. The van der Waals surface area contributed by atoms with Crippen LogP contribution in [0.1, 0.15) is 20.7 Å². The molecule has 0 atom stereocenters. The molecule has 0 aliphatic carbocycles. The Balaban J connectivity index is 1.45. The van der Waals surface area contributed by atoms with E-state index in [1.807, 2.05) is 0 Å². The topological polar surface area (TPSA) is 107 Å². The third-order valence-electron chi connectivity index (χ3n) is 4.42. The van der Waals surface area contributed by atoms with Crippen LogP contribution in [-0.2, 0) is 9.53 Å². The van der Waals surface area contributed by atoms with E-state index in [0.717, 1.165) is 0 Å². The zero-order valence-electron chi connectivity index (χ0n) is 16.1. The maximum Gasteiger partial charge on any atom is 0.342 e. The van der Waals surface area contributed by atoms with Crippen molar-refractivity contribution >= 4 is 34.9 Å². The van der Waals surface area contributed by atoms with Crippen molar-refractivity contribution in [2.24, 2.45) is 0 Å². The predicted molar refractivity (Wildman–Crippen MR) is 109 cm³/mol. The fourth-order valence-corrected chi connectivity index (χ4v) is 2.91. The highest BCUT2D eigenvalue weighted by molar-refractivity contribution is 6.03. The lowest BCUT2D eigenvalue weighted by atomic mass is 10.1. The summed E-state index contributed by atoms with van der Waals surface area (Å²) in [5, 5.41) is 5.36. The van der Waals surface area contributed by atoms with Crippen LogP contribution in [0.4, 0.5) is 21.6 Å². The van der Waals surface area contributed by atoms with Gasteiger partial charge >= 0.3 is 5.97 Å². The zero-order valence-corrected chi connectivity index (χ0v) is 16.1. The number of nitrogens with zero attached hydrogens (tertiary/aromatic N) is 1. The minimum absolute atomic E-state index is 0.0460. The van der Waals surface area contributed by atoms with Crippen molar-refractivity contribution in [1.29, 1.82) is 0 Å². The number of aromatic nitrogens is 1. The zero-order chi connectivity index (χ0) is 21.8. The van der Waals surface area contributed by atoms with Gasteiger partial charge in [-0.15, -0.1) is 0 Å². The number of hydrogen-bond acceptors (Lipinski definition) is 7. The van der Waals surface area contributed by atoms with Gasteiger partial charge in [-0.1, -0.05) is 12.1 Å². The average Bonchev–Trinajstić information content (AvgIpc) is 2.78. The predicted octanol–water partition coefficient (Wildman–Crippen LogP) is 3.33. The summed E-state index contributed by atoms with van der Waals surface area (Å²) in [4.78, 5) is 40.5. The molecule has 1 amide bonds. The van der Waals surface area contributed by atoms with E-state index in [1.165, 1.54) is 48.7 Å². The van der Waals surface area contributed by atoms with Crippen molar-refractivity contribution in [2.75, 3.05) is 23.8 Å². The van der Waals surface area contributed by atoms with E-state index in [9.17, 15) is 18.8 Å². The molecule has 156 valence electrons. The van der Waals surface area contributed by atoms with Crippen molar-refractivity contribution in [1.82, 2.24) is 4.98 Å². The molecule has 0 spiro atoms. The van der Waals surface area contributed by atoms with Gasteiger partial charge in [0, 0.05) is 11.8 Å². The van der Waals surface area contributed by atoms with Crippen LogP contribution in [-0.4, -0.2) is 35.9 Å². The van der Waals surface area contributed by atoms with E-state index in [4.69, 9.17) is 9.47 Å². The number of carbonyl (C=O) groups excluding carboxylic acids is 3. The summed E-state index contributed by atoms with van der Waals surface area (Å²) in [7, 11) is 0. The third kappa shape index (κ3) is 4.50. The van der Waals surface area contributed by atoms with Crippen molar-refractivity contribution in [2.45, 2.75) is 0 Å². The van der Waals surface area contributed by atoms with E-state index in [-0.39, 0.29) is 35.1 Å². The van der Waals surface area contributed by atoms with Crippen molar-refractivity contribution < 1.29 is 28.2 Å². The first kappa shape index (κ1) is 20.0. The highest BCUT2D eigenvalue weighted by Gasteiger charge is 2.20. The maximum absolute atomic E-state index is 13.9. The molecule has 31 heavy (non-hydrogen) atoms. The molecule has 1 aromatic heterocycles. The first-order valence-corrected chi connectivity index (χ1v) is 9.25. The molecule has 8 nitrogen and oxygen atoms in total. The largest absolute Gasteiger partial charge is 0.482 e. The molecule has 4 rings (SSSR count). The Kier molecular flexibility index (Phi) is 5.57. The first-order chi connectivity index (χ1) is 15.0. The molecule has 1 aliphatic heterocycles. The summed E-state index contributed by atoms with van der Waals surface area (Å²) in [5.74, 6) is -1.55. The van der Waals surface area contributed by atoms with Gasteiger partial charge in [0.25, 0.3) is 5.91 Å². The van der Waals surface area contributed by atoms with Gasteiger partial charge in [-0.2, -0.15) is 0 Å². The molecule has 3 aromatic rings. The normalized spacial score (nSPS) is 12.2. The van der Waals surface area contributed by atoms with Gasteiger partial charge in [0.15, 0.2) is 19.0 Å². The monoisotopic (exact) mass is 421 g/mol. The summed E-state index contributed by atoms with van der Waals surface area (Å²) < 4.78 is 24.3. The lowest BCUT2D eigenvalue weighted by Crippen LogP contribution is -2.25. The second-order valence-electron chi connectivity index (χ2n) is 6.55. The second-order valence-corrected chi connectivity index (χ2v) is 6.55. The SMILES string of the molecule is O=C1COc2ccc(C(=O)COC(=O)c3cccnc3Nc3ccccc3F)cc2N1. The summed E-state index contributed by atoms with van der Waals surface area (Å²) in [5.41, 5.74) is 0.805. The van der Waals surface area contributed by atoms with Crippen LogP contribution in [0, 0.1) is 5.82 Å². The number of fused-ring (bicyclic) bond motifs is 1. The average molecular weight is 421 g/mol. The Morgan fingerprint density at radius 1 is 1.16 bits per heavy atom. The molecule has 0 unspecified atom stereocenters. The number of ketones is 1. The molecule has 1 aliphatic rings. The van der Waals surface area contributed by atoms with Gasteiger partial charge in [-0.05, 0) is 42.5 Å². The summed E-state index contributed by atoms with van der Waals surface area (Å²) in [6, 6.07) is 13.5. The van der Waals surface area contributed by atoms with Gasteiger partial charge in [0.1, 0.15) is 22.9 Å². The van der Waals surface area contributed by atoms with Gasteiger partial charge in [0.05, 0.1) is 11.4 Å². The Morgan fingerprint density at radius 3 is 2.84 bits per heavy atom. The molecule has 0 saturated heterocycles. The van der Waals surface area contributed by atoms with Crippen molar-refractivity contribution in [3.05, 3.63) is 77.7 Å². The van der Waals surface area contributed by atoms with Crippen molar-refractivity contribution in [3.8, 4) is 5.75 Å². The molecule has 0 fully saturated rings. The Hall–Kier alpha value is -4.27. The number of pyridine rings is 1. The molecule has 9 heteroatoms. The number of esters is 1. The lowest BCUT2D eigenvalue weighted by molar-refractivity contribution is -0.118. The van der Waals surface area contributed by atoms with Gasteiger partial charge in [-0.3, -0.25) is 9.59 Å². The molecular formula is C22H16FN3O5. The standard InChI is InChI=1S/C22H16FN3O5/c23-15-5-1-2-6-16(15)26-21-14(4-3-9-24-21)22(29)31-11-18(27)13-7-8-19-17(10-13)25-20(28)12-30-19/h1-10H,11-12H2,(H,24,26)(H,25,28). The van der Waals surface area contributed by atoms with E-state index < -0.39 is 24.2 Å². The number of halogens is 1. The highest BCUT2D eigenvalue weighted by atomic mass is 19.1. The number of anilines is 3. The number of hydrogen-bond donors (Lipinski definition) is 2. The minimum Gasteiger partial charge on any atom is -0.482 e. The van der Waals surface area contributed by atoms with Gasteiger partial charge in [0.2, 0.25) is 0 Å². The first-order valence-electron chi connectivity index (χ1n) is 9.25. The quantitative estimate of drug-likeness (QED) is 0.464. The smallest absolute Gasteiger partial charge is 0.342 e.